The van der Waals surface area contributed by atoms with Crippen molar-refractivity contribution >= 4 is 11.9 Å². The van der Waals surface area contributed by atoms with Gasteiger partial charge in [0.15, 0.2) is 0 Å². The van der Waals surface area contributed by atoms with Crippen LogP contribution < -0.4 is 5.73 Å². The second kappa shape index (κ2) is 6.52. The highest BCUT2D eigenvalue weighted by molar-refractivity contribution is 5.88. The first-order chi connectivity index (χ1) is 9.26. The molecule has 0 spiro atoms. The summed E-state index contributed by atoms with van der Waals surface area (Å²) in [6.45, 7) is 2.97. The van der Waals surface area contributed by atoms with E-state index in [1.807, 2.05) is 30.3 Å². The van der Waals surface area contributed by atoms with E-state index in [-0.39, 0.29) is 5.91 Å². The van der Waals surface area contributed by atoms with Crippen molar-refractivity contribution in [3.05, 3.63) is 35.9 Å². The lowest BCUT2D eigenvalue weighted by atomic mass is 10.0. The number of nitrogens with two attached hydrogens (primary N) is 1. The van der Waals surface area contributed by atoms with Crippen LogP contribution in [0.25, 0.3) is 0 Å². The van der Waals surface area contributed by atoms with Gasteiger partial charge < -0.3 is 15.7 Å². The fourth-order valence-corrected chi connectivity index (χ4v) is 1.76. The van der Waals surface area contributed by atoms with E-state index in [2.05, 4.69) is 0 Å². The second-order valence-electron chi connectivity index (χ2n) is 5.39. The zero-order valence-electron chi connectivity index (χ0n) is 12.2. The molecule has 0 saturated heterocycles. The van der Waals surface area contributed by atoms with E-state index in [0.717, 1.165) is 5.56 Å². The maximum atomic E-state index is 12.2. The number of aryl methyl sites for hydroxylation is 1. The lowest BCUT2D eigenvalue weighted by Gasteiger charge is -2.33. The Balaban J connectivity index is 2.61. The van der Waals surface area contributed by atoms with Gasteiger partial charge in [-0.25, -0.2) is 4.79 Å². The maximum Gasteiger partial charge on any atom is 0.329 e. The van der Waals surface area contributed by atoms with Gasteiger partial charge in [0.25, 0.3) is 0 Å². The molecule has 1 rings (SSSR count). The summed E-state index contributed by atoms with van der Waals surface area (Å²) < 4.78 is 0. The van der Waals surface area contributed by atoms with Crippen LogP contribution in [0, 0.1) is 0 Å². The number of carboxylic acid groups (broad SMARTS) is 1. The Morgan fingerprint density at radius 1 is 1.30 bits per heavy atom. The molecular weight excluding hydrogens is 256 g/mol. The van der Waals surface area contributed by atoms with Gasteiger partial charge in [-0.1, -0.05) is 30.3 Å². The Morgan fingerprint density at radius 2 is 1.85 bits per heavy atom. The van der Waals surface area contributed by atoms with Crippen LogP contribution in [0.1, 0.15) is 25.8 Å². The predicted octanol–water partition coefficient (Wildman–Crippen LogP) is 1.27. The summed E-state index contributed by atoms with van der Waals surface area (Å²) in [4.78, 5) is 24.5. The summed E-state index contributed by atoms with van der Waals surface area (Å²) in [6, 6.07) is 9.05. The van der Waals surface area contributed by atoms with E-state index in [9.17, 15) is 9.59 Å². The minimum Gasteiger partial charge on any atom is -0.480 e. The molecule has 5 heteroatoms. The molecule has 110 valence electrons. The Kier molecular flexibility index (Phi) is 5.27. The number of nitrogens with zero attached hydrogens (tertiary/aromatic N) is 1. The van der Waals surface area contributed by atoms with Crippen molar-refractivity contribution in [2.24, 2.45) is 5.73 Å². The number of hydrogen-bond donors (Lipinski definition) is 2. The van der Waals surface area contributed by atoms with Crippen LogP contribution in [0.5, 0.6) is 0 Å². The number of aliphatic carboxylic acids is 1. The summed E-state index contributed by atoms with van der Waals surface area (Å²) >= 11 is 0. The molecule has 0 aliphatic rings. The summed E-state index contributed by atoms with van der Waals surface area (Å²) in [5.74, 6) is -1.41. The third-order valence-electron chi connectivity index (χ3n) is 3.60. The Hall–Kier alpha value is -1.88. The van der Waals surface area contributed by atoms with Gasteiger partial charge in [0.2, 0.25) is 5.91 Å². The van der Waals surface area contributed by atoms with E-state index < -0.39 is 17.6 Å². The lowest BCUT2D eigenvalue weighted by molar-refractivity contribution is -0.155. The standard InChI is InChI=1S/C15H22N2O3/c1-15(2,14(19)20)17(3)13(18)12(16)10-9-11-7-5-4-6-8-11/h4-8,12H,9-10,16H2,1-3H3,(H,19,20). The Morgan fingerprint density at radius 3 is 2.35 bits per heavy atom. The molecule has 0 radical (unpaired) electrons. The average molecular weight is 278 g/mol. The van der Waals surface area contributed by atoms with E-state index in [4.69, 9.17) is 10.8 Å². The topological polar surface area (TPSA) is 83.6 Å². The normalized spacial score (nSPS) is 12.8. The molecule has 0 bridgehead atoms. The van der Waals surface area contributed by atoms with Gasteiger partial charge in [-0.3, -0.25) is 4.79 Å². The first-order valence-corrected chi connectivity index (χ1v) is 6.57. The van der Waals surface area contributed by atoms with Gasteiger partial charge in [-0.05, 0) is 32.3 Å². The van der Waals surface area contributed by atoms with Crippen molar-refractivity contribution in [2.75, 3.05) is 7.05 Å². The predicted molar refractivity (Wildman–Crippen MR) is 77.2 cm³/mol. The van der Waals surface area contributed by atoms with Gasteiger partial charge in [-0.15, -0.1) is 0 Å². The highest BCUT2D eigenvalue weighted by Gasteiger charge is 2.36. The van der Waals surface area contributed by atoms with Crippen LogP contribution in [0.3, 0.4) is 0 Å². The van der Waals surface area contributed by atoms with Crippen LogP contribution in [0.4, 0.5) is 0 Å². The number of carbonyl (C=O) groups is 2. The first kappa shape index (κ1) is 16.2. The maximum absolute atomic E-state index is 12.2. The molecule has 1 aromatic carbocycles. The number of hydrogen-bond acceptors (Lipinski definition) is 3. The lowest BCUT2D eigenvalue weighted by Crippen LogP contribution is -2.55. The van der Waals surface area contributed by atoms with Crippen molar-refractivity contribution in [1.82, 2.24) is 4.90 Å². The summed E-state index contributed by atoms with van der Waals surface area (Å²) in [6.07, 6.45) is 1.18. The highest BCUT2D eigenvalue weighted by atomic mass is 16.4. The quantitative estimate of drug-likeness (QED) is 0.820. The van der Waals surface area contributed by atoms with Gasteiger partial charge in [-0.2, -0.15) is 0 Å². The third-order valence-corrected chi connectivity index (χ3v) is 3.60. The molecule has 0 aromatic heterocycles. The molecule has 3 N–H and O–H groups in total. The van der Waals surface area contributed by atoms with Gasteiger partial charge in [0.05, 0.1) is 6.04 Å². The molecule has 0 fully saturated rings. The molecule has 1 atom stereocenters. The van der Waals surface area contributed by atoms with Crippen molar-refractivity contribution in [2.45, 2.75) is 38.3 Å². The van der Waals surface area contributed by atoms with Crippen molar-refractivity contribution in [3.8, 4) is 0 Å². The summed E-state index contributed by atoms with van der Waals surface area (Å²) in [5.41, 5.74) is 5.72. The van der Waals surface area contributed by atoms with Crippen molar-refractivity contribution < 1.29 is 14.7 Å². The van der Waals surface area contributed by atoms with Crippen molar-refractivity contribution in [3.63, 3.8) is 0 Å². The van der Waals surface area contributed by atoms with E-state index >= 15 is 0 Å². The van der Waals surface area contributed by atoms with Gasteiger partial charge in [0.1, 0.15) is 5.54 Å². The minimum atomic E-state index is -1.26. The average Bonchev–Trinajstić information content (AvgIpc) is 2.43. The fraction of sp³-hybridized carbons (Fsp3) is 0.467. The largest absolute Gasteiger partial charge is 0.480 e. The number of carboxylic acids is 1. The van der Waals surface area contributed by atoms with Gasteiger partial charge in [0, 0.05) is 7.05 Å². The van der Waals surface area contributed by atoms with Crippen LogP contribution >= 0.6 is 0 Å². The third kappa shape index (κ3) is 3.81. The zero-order valence-corrected chi connectivity index (χ0v) is 12.2. The number of rotatable bonds is 6. The molecule has 1 aromatic rings. The van der Waals surface area contributed by atoms with E-state index in [0.29, 0.717) is 12.8 Å². The van der Waals surface area contributed by atoms with Crippen LogP contribution in [0.2, 0.25) is 0 Å². The molecule has 0 aliphatic carbocycles. The second-order valence-corrected chi connectivity index (χ2v) is 5.39. The van der Waals surface area contributed by atoms with E-state index in [1.165, 1.54) is 25.8 Å². The molecule has 1 amide bonds. The molecule has 0 aliphatic heterocycles. The van der Waals surface area contributed by atoms with E-state index in [1.54, 1.807) is 0 Å². The van der Waals surface area contributed by atoms with Crippen LogP contribution in [0.15, 0.2) is 30.3 Å². The zero-order chi connectivity index (χ0) is 15.3. The number of amides is 1. The molecule has 20 heavy (non-hydrogen) atoms. The first-order valence-electron chi connectivity index (χ1n) is 6.57. The van der Waals surface area contributed by atoms with Crippen LogP contribution in [-0.4, -0.2) is 40.5 Å². The Bertz CT molecular complexity index is 471. The van der Waals surface area contributed by atoms with Crippen molar-refractivity contribution in [1.29, 1.82) is 0 Å². The summed E-state index contributed by atoms with van der Waals surface area (Å²) in [5, 5.41) is 9.12. The fourth-order valence-electron chi connectivity index (χ4n) is 1.76. The molecule has 5 nitrogen and oxygen atoms in total. The number of likely N-dealkylation sites (N-methyl/N-ethyl adjacent to an activating group) is 1. The highest BCUT2D eigenvalue weighted by Crippen LogP contribution is 2.15. The number of carbonyl (C=O) groups excluding carboxylic acids is 1. The molecule has 1 unspecified atom stereocenters. The Labute approximate surface area is 119 Å². The number of benzene rings is 1. The molecule has 0 heterocycles. The SMILES string of the molecule is CN(C(=O)C(N)CCc1ccccc1)C(C)(C)C(=O)O. The van der Waals surface area contributed by atoms with Crippen LogP contribution in [-0.2, 0) is 16.0 Å². The monoisotopic (exact) mass is 278 g/mol. The molecular formula is C15H22N2O3. The molecule has 0 saturated carbocycles. The van der Waals surface area contributed by atoms with Gasteiger partial charge >= 0.3 is 5.97 Å². The minimum absolute atomic E-state index is 0.353. The summed E-state index contributed by atoms with van der Waals surface area (Å²) in [7, 11) is 1.47. The smallest absolute Gasteiger partial charge is 0.329 e.